The van der Waals surface area contributed by atoms with Gasteiger partial charge < -0.3 is 4.90 Å². The lowest BCUT2D eigenvalue weighted by Crippen LogP contribution is -2.34. The molecule has 2 heterocycles. The van der Waals surface area contributed by atoms with Crippen LogP contribution in [0.4, 0.5) is 0 Å². The summed E-state index contributed by atoms with van der Waals surface area (Å²) in [5.41, 5.74) is 5.25. The number of benzene rings is 2. The lowest BCUT2D eigenvalue weighted by Gasteiger charge is -2.20. The highest BCUT2D eigenvalue weighted by molar-refractivity contribution is 7.99. The van der Waals surface area contributed by atoms with E-state index in [1.54, 1.807) is 4.68 Å². The van der Waals surface area contributed by atoms with Gasteiger partial charge in [0.25, 0.3) is 5.91 Å². The van der Waals surface area contributed by atoms with Gasteiger partial charge in [0.15, 0.2) is 0 Å². The number of amides is 1. The average Bonchev–Trinajstić information content (AvgIpc) is 2.95. The van der Waals surface area contributed by atoms with Crippen molar-refractivity contribution in [2.75, 3.05) is 18.8 Å². The molecule has 0 spiro atoms. The number of hydrogen-bond donors (Lipinski definition) is 0. The Morgan fingerprint density at radius 1 is 1.07 bits per heavy atom. The van der Waals surface area contributed by atoms with Crippen LogP contribution in [0.15, 0.2) is 60.7 Å². The van der Waals surface area contributed by atoms with Crippen LogP contribution in [0, 0.1) is 6.92 Å². The first kappa shape index (κ1) is 18.8. The summed E-state index contributed by atoms with van der Waals surface area (Å²) in [4.78, 5) is 15.2. The first-order valence-electron chi connectivity index (χ1n) is 9.69. The van der Waals surface area contributed by atoms with Crippen molar-refractivity contribution < 1.29 is 4.79 Å². The van der Waals surface area contributed by atoms with Gasteiger partial charge in [-0.1, -0.05) is 54.6 Å². The van der Waals surface area contributed by atoms with E-state index < -0.39 is 0 Å². The van der Waals surface area contributed by atoms with Crippen LogP contribution < -0.4 is 0 Å². The van der Waals surface area contributed by atoms with E-state index in [4.69, 9.17) is 0 Å². The molecule has 1 aliphatic heterocycles. The Morgan fingerprint density at radius 2 is 1.82 bits per heavy atom. The van der Waals surface area contributed by atoms with Crippen molar-refractivity contribution in [3.8, 4) is 11.3 Å². The van der Waals surface area contributed by atoms with Crippen LogP contribution in [-0.4, -0.2) is 39.4 Å². The van der Waals surface area contributed by atoms with Crippen molar-refractivity contribution in [3.05, 3.63) is 77.5 Å². The zero-order chi connectivity index (χ0) is 19.5. The summed E-state index contributed by atoms with van der Waals surface area (Å²) in [7, 11) is 1.85. The molecule has 2 aromatic carbocycles. The molecule has 1 amide bonds. The molecule has 1 fully saturated rings. The van der Waals surface area contributed by atoms with Gasteiger partial charge in [-0.2, -0.15) is 16.9 Å². The Balaban J connectivity index is 1.50. The Kier molecular flexibility index (Phi) is 5.53. The molecule has 5 heteroatoms. The summed E-state index contributed by atoms with van der Waals surface area (Å²) in [5, 5.41) is 5.01. The minimum atomic E-state index is 0.0724. The van der Waals surface area contributed by atoms with E-state index in [9.17, 15) is 4.79 Å². The Bertz CT molecular complexity index is 967. The number of rotatable bonds is 3. The van der Waals surface area contributed by atoms with Gasteiger partial charge in [-0.15, -0.1) is 0 Å². The number of aryl methyl sites for hydroxylation is 2. The molecule has 1 aliphatic rings. The zero-order valence-corrected chi connectivity index (χ0v) is 17.2. The number of nitrogens with zero attached hydrogens (tertiary/aromatic N) is 3. The second-order valence-electron chi connectivity index (χ2n) is 7.20. The van der Waals surface area contributed by atoms with Gasteiger partial charge in [-0.25, -0.2) is 0 Å². The Labute approximate surface area is 170 Å². The van der Waals surface area contributed by atoms with Crippen LogP contribution >= 0.6 is 11.8 Å². The first-order valence-corrected chi connectivity index (χ1v) is 10.7. The Hall–Kier alpha value is -2.53. The normalized spacial score (nSPS) is 17.4. The summed E-state index contributed by atoms with van der Waals surface area (Å²) in [6.07, 6.45) is 0.977. The van der Waals surface area contributed by atoms with Crippen LogP contribution in [0.5, 0.6) is 0 Å². The highest BCUT2D eigenvalue weighted by atomic mass is 32.2. The third-order valence-electron chi connectivity index (χ3n) is 5.33. The lowest BCUT2D eigenvalue weighted by atomic mass is 10.0. The molecule has 0 unspecified atom stereocenters. The zero-order valence-electron chi connectivity index (χ0n) is 16.3. The van der Waals surface area contributed by atoms with Crippen molar-refractivity contribution >= 4 is 17.7 Å². The topological polar surface area (TPSA) is 38.1 Å². The molecule has 3 aromatic rings. The highest BCUT2D eigenvalue weighted by Gasteiger charge is 2.25. The van der Waals surface area contributed by atoms with Gasteiger partial charge in [0, 0.05) is 36.7 Å². The number of thioether (sulfide) groups is 1. The molecular formula is C23H25N3OS. The molecule has 0 radical (unpaired) electrons. The Morgan fingerprint density at radius 3 is 2.61 bits per heavy atom. The van der Waals surface area contributed by atoms with Crippen molar-refractivity contribution in [2.24, 2.45) is 7.05 Å². The van der Waals surface area contributed by atoms with Crippen LogP contribution in [0.2, 0.25) is 0 Å². The summed E-state index contributed by atoms with van der Waals surface area (Å²) in [6.45, 7) is 3.72. The maximum absolute atomic E-state index is 13.2. The molecule has 0 saturated carbocycles. The summed E-state index contributed by atoms with van der Waals surface area (Å²) < 4.78 is 1.71. The maximum atomic E-state index is 13.2. The summed E-state index contributed by atoms with van der Waals surface area (Å²) >= 11 is 1.96. The van der Waals surface area contributed by atoms with Gasteiger partial charge in [-0.3, -0.25) is 9.48 Å². The minimum absolute atomic E-state index is 0.0724. The molecule has 1 atom stereocenters. The second-order valence-corrected chi connectivity index (χ2v) is 8.51. The number of aromatic nitrogens is 2. The van der Waals surface area contributed by atoms with Crippen LogP contribution in [0.3, 0.4) is 0 Å². The molecule has 0 N–H and O–H groups in total. The van der Waals surface area contributed by atoms with E-state index in [-0.39, 0.29) is 5.91 Å². The van der Waals surface area contributed by atoms with Crippen molar-refractivity contribution in [3.63, 3.8) is 0 Å². The van der Waals surface area contributed by atoms with Crippen LogP contribution in [0.1, 0.15) is 33.3 Å². The molecule has 144 valence electrons. The molecule has 0 aliphatic carbocycles. The largest absolute Gasteiger partial charge is 0.336 e. The highest BCUT2D eigenvalue weighted by Crippen LogP contribution is 2.36. The predicted molar refractivity (Wildman–Crippen MR) is 116 cm³/mol. The minimum Gasteiger partial charge on any atom is -0.336 e. The third-order valence-corrected chi connectivity index (χ3v) is 6.64. The van der Waals surface area contributed by atoms with E-state index in [0.717, 1.165) is 36.5 Å². The van der Waals surface area contributed by atoms with Gasteiger partial charge >= 0.3 is 0 Å². The van der Waals surface area contributed by atoms with Crippen molar-refractivity contribution in [1.29, 1.82) is 0 Å². The van der Waals surface area contributed by atoms with Crippen molar-refractivity contribution in [2.45, 2.75) is 18.6 Å². The molecule has 0 bridgehead atoms. The smallest absolute Gasteiger partial charge is 0.272 e. The molecular weight excluding hydrogens is 366 g/mol. The second kappa shape index (κ2) is 8.23. The van der Waals surface area contributed by atoms with Gasteiger partial charge in [0.2, 0.25) is 0 Å². The molecule has 4 nitrogen and oxygen atoms in total. The molecule has 28 heavy (non-hydrogen) atoms. The molecule has 1 saturated heterocycles. The third kappa shape index (κ3) is 3.85. The van der Waals surface area contributed by atoms with Crippen LogP contribution in [-0.2, 0) is 7.05 Å². The van der Waals surface area contributed by atoms with E-state index in [0.29, 0.717) is 10.9 Å². The first-order chi connectivity index (χ1) is 13.6. The SMILES string of the molecule is Cc1ccccc1[C@H]1CCN(C(=O)c2cc(-c3ccccc3)nn2C)CCS1. The van der Waals surface area contributed by atoms with Gasteiger partial charge in [0.05, 0.1) is 5.69 Å². The molecule has 1 aromatic heterocycles. The quantitative estimate of drug-likeness (QED) is 0.649. The number of hydrogen-bond acceptors (Lipinski definition) is 3. The fourth-order valence-corrected chi connectivity index (χ4v) is 5.08. The maximum Gasteiger partial charge on any atom is 0.272 e. The number of carbonyl (C=O) groups excluding carboxylic acids is 1. The standard InChI is InChI=1S/C23H25N3OS/c1-17-8-6-7-11-19(17)22-12-13-26(14-15-28-22)23(27)21-16-20(24-25(21)2)18-9-4-3-5-10-18/h3-11,16,22H,12-15H2,1-2H3/t22-/m1/s1. The van der Waals surface area contributed by atoms with Gasteiger partial charge in [0.1, 0.15) is 5.69 Å². The fourth-order valence-electron chi connectivity index (χ4n) is 3.75. The average molecular weight is 392 g/mol. The number of carbonyl (C=O) groups is 1. The monoisotopic (exact) mass is 391 g/mol. The lowest BCUT2D eigenvalue weighted by molar-refractivity contribution is 0.0755. The van der Waals surface area contributed by atoms with Crippen LogP contribution in [0.25, 0.3) is 11.3 Å². The molecule has 4 rings (SSSR count). The predicted octanol–water partition coefficient (Wildman–Crippen LogP) is 4.72. The van der Waals surface area contributed by atoms with E-state index in [2.05, 4.69) is 36.3 Å². The van der Waals surface area contributed by atoms with E-state index in [1.807, 2.05) is 60.1 Å². The summed E-state index contributed by atoms with van der Waals surface area (Å²) in [5.74, 6) is 1.02. The van der Waals surface area contributed by atoms with E-state index in [1.165, 1.54) is 11.1 Å². The van der Waals surface area contributed by atoms with E-state index >= 15 is 0 Å². The fraction of sp³-hybridized carbons (Fsp3) is 0.304. The van der Waals surface area contributed by atoms with Crippen molar-refractivity contribution in [1.82, 2.24) is 14.7 Å². The van der Waals surface area contributed by atoms with Gasteiger partial charge in [-0.05, 0) is 30.5 Å². The summed E-state index contributed by atoms with van der Waals surface area (Å²) in [6, 6.07) is 20.5.